The SMILES string of the molecule is CC.CC.CNNC(=S)NCc1ccc(OC)cc1.O=Cc1ccc2[nH]ccc2c1. The zero-order chi connectivity index (χ0) is 22.8. The van der Waals surface area contributed by atoms with E-state index in [1.54, 1.807) is 20.2 Å². The van der Waals surface area contributed by atoms with E-state index in [0.29, 0.717) is 11.7 Å². The molecular formula is C23H34N4O2S. The van der Waals surface area contributed by atoms with Crippen LogP contribution in [0.5, 0.6) is 5.75 Å². The second-order valence-corrected chi connectivity index (χ2v) is 5.76. The number of aromatic amines is 1. The number of methoxy groups -OCH3 is 1. The van der Waals surface area contributed by atoms with Crippen LogP contribution in [0.25, 0.3) is 10.9 Å². The molecule has 0 fully saturated rings. The molecule has 0 aliphatic carbocycles. The lowest BCUT2D eigenvalue weighted by atomic mass is 10.2. The lowest BCUT2D eigenvalue weighted by Crippen LogP contribution is -2.41. The fraction of sp³-hybridized carbons (Fsp3) is 0.304. The molecule has 30 heavy (non-hydrogen) atoms. The van der Waals surface area contributed by atoms with E-state index in [0.717, 1.165) is 34.1 Å². The topological polar surface area (TPSA) is 78.2 Å². The van der Waals surface area contributed by atoms with Gasteiger partial charge in [0.05, 0.1) is 7.11 Å². The number of rotatable bonds is 5. The highest BCUT2D eigenvalue weighted by Crippen LogP contribution is 2.12. The minimum absolute atomic E-state index is 0.577. The molecule has 164 valence electrons. The zero-order valence-electron chi connectivity index (χ0n) is 18.7. The Kier molecular flexibility index (Phi) is 15.4. The van der Waals surface area contributed by atoms with Gasteiger partial charge >= 0.3 is 0 Å². The van der Waals surface area contributed by atoms with Crippen molar-refractivity contribution in [3.05, 3.63) is 65.9 Å². The van der Waals surface area contributed by atoms with E-state index >= 15 is 0 Å². The highest BCUT2D eigenvalue weighted by molar-refractivity contribution is 7.80. The van der Waals surface area contributed by atoms with E-state index in [9.17, 15) is 4.79 Å². The van der Waals surface area contributed by atoms with Gasteiger partial charge < -0.3 is 15.0 Å². The first-order chi connectivity index (χ1) is 14.7. The van der Waals surface area contributed by atoms with E-state index < -0.39 is 0 Å². The first-order valence-electron chi connectivity index (χ1n) is 10.0. The van der Waals surface area contributed by atoms with Crippen molar-refractivity contribution in [3.63, 3.8) is 0 Å². The van der Waals surface area contributed by atoms with Crippen LogP contribution in [0, 0.1) is 0 Å². The Hall–Kier alpha value is -2.90. The Balaban J connectivity index is 0.000000494. The normalized spacial score (nSPS) is 8.87. The highest BCUT2D eigenvalue weighted by Gasteiger charge is 1.96. The molecule has 3 rings (SSSR count). The Morgan fingerprint density at radius 3 is 2.30 bits per heavy atom. The van der Waals surface area contributed by atoms with Crippen LogP contribution in [0.1, 0.15) is 43.6 Å². The number of aldehydes is 1. The Morgan fingerprint density at radius 2 is 1.73 bits per heavy atom. The molecule has 7 heteroatoms. The second kappa shape index (κ2) is 17.0. The number of ether oxygens (including phenoxy) is 1. The van der Waals surface area contributed by atoms with Gasteiger partial charge in [0.15, 0.2) is 5.11 Å². The van der Waals surface area contributed by atoms with Gasteiger partial charge in [-0.15, -0.1) is 0 Å². The van der Waals surface area contributed by atoms with Crippen molar-refractivity contribution in [2.75, 3.05) is 14.2 Å². The maximum absolute atomic E-state index is 10.4. The van der Waals surface area contributed by atoms with Crippen LogP contribution in [0.15, 0.2) is 54.7 Å². The number of hydrogen-bond donors (Lipinski definition) is 4. The smallest absolute Gasteiger partial charge is 0.181 e. The molecule has 0 spiro atoms. The molecule has 0 saturated carbocycles. The monoisotopic (exact) mass is 430 g/mol. The van der Waals surface area contributed by atoms with Gasteiger partial charge in [-0.1, -0.05) is 39.8 Å². The number of carbonyl (C=O) groups excluding carboxylic acids is 1. The Bertz CT molecular complexity index is 848. The molecule has 0 bridgehead atoms. The molecule has 6 nitrogen and oxygen atoms in total. The van der Waals surface area contributed by atoms with Crippen molar-refractivity contribution < 1.29 is 9.53 Å². The molecule has 0 amide bonds. The largest absolute Gasteiger partial charge is 0.497 e. The average molecular weight is 431 g/mol. The summed E-state index contributed by atoms with van der Waals surface area (Å²) in [7, 11) is 3.42. The number of hydrogen-bond acceptors (Lipinski definition) is 4. The van der Waals surface area contributed by atoms with E-state index in [-0.39, 0.29) is 0 Å². The standard InChI is InChI=1S/C10H15N3OS.C9H7NO.2C2H6/c1-11-13-10(15)12-7-8-3-5-9(14-2)6-4-8;11-6-7-1-2-9-8(5-7)3-4-10-9;2*1-2/h3-6,11H,7H2,1-2H3,(H2,12,13,15);1-6,10H;2*1-2H3. The van der Waals surface area contributed by atoms with Gasteiger partial charge in [0.1, 0.15) is 12.0 Å². The van der Waals surface area contributed by atoms with Crippen LogP contribution in [0.4, 0.5) is 0 Å². The molecule has 1 aromatic heterocycles. The Labute approximate surface area is 185 Å². The number of aromatic nitrogens is 1. The van der Waals surface area contributed by atoms with Crippen molar-refractivity contribution in [1.82, 2.24) is 21.2 Å². The maximum Gasteiger partial charge on any atom is 0.181 e. The molecule has 4 N–H and O–H groups in total. The maximum atomic E-state index is 10.4. The van der Waals surface area contributed by atoms with Gasteiger partial charge in [-0.05, 0) is 54.2 Å². The summed E-state index contributed by atoms with van der Waals surface area (Å²) in [5.74, 6) is 0.856. The van der Waals surface area contributed by atoms with E-state index in [2.05, 4.69) is 21.2 Å². The molecule has 0 aliphatic heterocycles. The predicted octanol–water partition coefficient (Wildman–Crippen LogP) is 4.83. The number of hydrazine groups is 1. The van der Waals surface area contributed by atoms with Gasteiger partial charge in [-0.2, -0.15) is 0 Å². The van der Waals surface area contributed by atoms with Gasteiger partial charge in [0, 0.05) is 36.3 Å². The average Bonchev–Trinajstić information content (AvgIpc) is 3.29. The van der Waals surface area contributed by atoms with Crippen molar-refractivity contribution in [1.29, 1.82) is 0 Å². The number of nitrogens with one attached hydrogen (secondary N) is 4. The third-order valence-corrected chi connectivity index (χ3v) is 3.81. The van der Waals surface area contributed by atoms with Gasteiger partial charge in [-0.25, -0.2) is 5.43 Å². The summed E-state index contributed by atoms with van der Waals surface area (Å²) < 4.78 is 5.06. The van der Waals surface area contributed by atoms with Crippen LogP contribution in [-0.4, -0.2) is 30.5 Å². The Morgan fingerprint density at radius 1 is 1.07 bits per heavy atom. The zero-order valence-corrected chi connectivity index (χ0v) is 19.5. The van der Waals surface area contributed by atoms with E-state index in [1.807, 2.05) is 76.4 Å². The summed E-state index contributed by atoms with van der Waals surface area (Å²) in [6.45, 7) is 8.69. The van der Waals surface area contributed by atoms with Crippen LogP contribution < -0.4 is 20.9 Å². The number of fused-ring (bicyclic) bond motifs is 1. The number of benzene rings is 2. The van der Waals surface area contributed by atoms with Crippen LogP contribution in [0.2, 0.25) is 0 Å². The molecule has 0 unspecified atom stereocenters. The first kappa shape index (κ1) is 27.1. The minimum atomic E-state index is 0.577. The van der Waals surface area contributed by atoms with Crippen LogP contribution in [0.3, 0.4) is 0 Å². The predicted molar refractivity (Wildman–Crippen MR) is 131 cm³/mol. The lowest BCUT2D eigenvalue weighted by Gasteiger charge is -2.09. The molecule has 0 atom stereocenters. The molecule has 3 aromatic rings. The van der Waals surface area contributed by atoms with Gasteiger partial charge in [0.25, 0.3) is 0 Å². The summed E-state index contributed by atoms with van der Waals surface area (Å²) in [5, 5.41) is 4.71. The molecule has 1 heterocycles. The molecule has 2 aromatic carbocycles. The van der Waals surface area contributed by atoms with Crippen molar-refractivity contribution >= 4 is 34.5 Å². The third-order valence-electron chi connectivity index (χ3n) is 3.56. The van der Waals surface area contributed by atoms with Crippen molar-refractivity contribution in [2.24, 2.45) is 0 Å². The van der Waals surface area contributed by atoms with E-state index in [4.69, 9.17) is 17.0 Å². The quantitative estimate of drug-likeness (QED) is 0.264. The summed E-state index contributed by atoms with van der Waals surface area (Å²) >= 11 is 4.99. The highest BCUT2D eigenvalue weighted by atomic mass is 32.1. The van der Waals surface area contributed by atoms with Gasteiger partial charge in [-0.3, -0.25) is 10.2 Å². The number of carbonyl (C=O) groups is 1. The molecular weight excluding hydrogens is 396 g/mol. The first-order valence-corrected chi connectivity index (χ1v) is 10.4. The second-order valence-electron chi connectivity index (χ2n) is 5.35. The summed E-state index contributed by atoms with van der Waals surface area (Å²) in [5.41, 5.74) is 8.47. The molecule has 0 aliphatic rings. The van der Waals surface area contributed by atoms with Gasteiger partial charge in [0.2, 0.25) is 0 Å². The van der Waals surface area contributed by atoms with Crippen molar-refractivity contribution in [2.45, 2.75) is 34.2 Å². The fourth-order valence-electron chi connectivity index (χ4n) is 2.23. The fourth-order valence-corrected chi connectivity index (χ4v) is 2.40. The van der Waals surface area contributed by atoms with E-state index in [1.165, 1.54) is 0 Å². The molecule has 0 radical (unpaired) electrons. The third kappa shape index (κ3) is 10.0. The van der Waals surface area contributed by atoms with Crippen LogP contribution in [-0.2, 0) is 6.54 Å². The van der Waals surface area contributed by atoms with Crippen molar-refractivity contribution in [3.8, 4) is 5.75 Å². The minimum Gasteiger partial charge on any atom is -0.497 e. The van der Waals surface area contributed by atoms with Crippen LogP contribution >= 0.6 is 12.2 Å². The summed E-state index contributed by atoms with van der Waals surface area (Å²) in [6.07, 6.45) is 2.71. The number of thiocarbonyl (C=S) groups is 1. The number of H-pyrrole nitrogens is 1. The lowest BCUT2D eigenvalue weighted by molar-refractivity contribution is 0.112. The summed E-state index contributed by atoms with van der Waals surface area (Å²) in [6, 6.07) is 15.3. The summed E-state index contributed by atoms with van der Waals surface area (Å²) in [4.78, 5) is 13.4. The molecule has 0 saturated heterocycles.